The Hall–Kier alpha value is -1.16. The van der Waals surface area contributed by atoms with Crippen LogP contribution in [0.4, 0.5) is 0 Å². The van der Waals surface area contributed by atoms with Gasteiger partial charge in [0.25, 0.3) is 0 Å². The number of carbonyl (C=O) groups excluding carboxylic acids is 1. The predicted octanol–water partition coefficient (Wildman–Crippen LogP) is 1.65. The Labute approximate surface area is 95.3 Å². The van der Waals surface area contributed by atoms with E-state index in [9.17, 15) is 9.59 Å². The second-order valence-corrected chi connectivity index (χ2v) is 4.01. The van der Waals surface area contributed by atoms with Gasteiger partial charge in [0.2, 0.25) is 0 Å². The summed E-state index contributed by atoms with van der Waals surface area (Å²) in [5.74, 6) is -1.43. The molecule has 0 spiro atoms. The van der Waals surface area contributed by atoms with Crippen LogP contribution >= 0.6 is 0 Å². The molecule has 0 aliphatic heterocycles. The van der Waals surface area contributed by atoms with Gasteiger partial charge in [-0.1, -0.05) is 13.0 Å². The van der Waals surface area contributed by atoms with E-state index in [1.165, 1.54) is 0 Å². The highest BCUT2D eigenvalue weighted by Gasteiger charge is 2.35. The maximum atomic E-state index is 11.6. The summed E-state index contributed by atoms with van der Waals surface area (Å²) in [5.41, 5.74) is 0.642. The van der Waals surface area contributed by atoms with E-state index in [4.69, 9.17) is 9.84 Å². The Kier molecular flexibility index (Phi) is 4.68. The van der Waals surface area contributed by atoms with Crippen molar-refractivity contribution in [1.82, 2.24) is 0 Å². The number of Topliss-reactive ketones (excluding diaryl/α,β-unsaturated/α-hetero) is 1. The zero-order valence-corrected chi connectivity index (χ0v) is 9.73. The van der Waals surface area contributed by atoms with Crippen LogP contribution in [0.5, 0.6) is 0 Å². The molecule has 0 aromatic heterocycles. The van der Waals surface area contributed by atoms with E-state index in [-0.39, 0.29) is 11.7 Å². The molecular formula is C12H18O4. The summed E-state index contributed by atoms with van der Waals surface area (Å²) < 4.78 is 5.16. The standard InChI is InChI=1S/C12H18O4/c1-3-16-7-6-10-9(4-5-11(10)13)8(2)12(14)15/h6,8-9H,3-5,7H2,1-2H3,(H,14,15). The Bertz CT molecular complexity index is 306. The average Bonchev–Trinajstić information content (AvgIpc) is 2.60. The maximum Gasteiger partial charge on any atom is 0.306 e. The summed E-state index contributed by atoms with van der Waals surface area (Å²) in [6.07, 6.45) is 2.84. The molecule has 1 N–H and O–H groups in total. The molecule has 1 aliphatic rings. The fraction of sp³-hybridized carbons (Fsp3) is 0.667. The molecule has 1 rings (SSSR count). The number of allylic oxidation sites excluding steroid dienone is 1. The van der Waals surface area contributed by atoms with Crippen LogP contribution in [0, 0.1) is 11.8 Å². The summed E-state index contributed by atoms with van der Waals surface area (Å²) in [5, 5.41) is 8.95. The lowest BCUT2D eigenvalue weighted by Crippen LogP contribution is -2.20. The number of hydrogen-bond donors (Lipinski definition) is 1. The summed E-state index contributed by atoms with van der Waals surface area (Å²) in [6, 6.07) is 0. The third-order valence-electron chi connectivity index (χ3n) is 3.02. The zero-order chi connectivity index (χ0) is 12.1. The Morgan fingerprint density at radius 3 is 2.94 bits per heavy atom. The molecule has 2 atom stereocenters. The first-order valence-electron chi connectivity index (χ1n) is 5.61. The molecule has 2 unspecified atom stereocenters. The molecule has 0 radical (unpaired) electrons. The fourth-order valence-corrected chi connectivity index (χ4v) is 2.02. The first-order valence-corrected chi connectivity index (χ1v) is 5.61. The smallest absolute Gasteiger partial charge is 0.306 e. The molecule has 0 saturated heterocycles. The second kappa shape index (κ2) is 5.80. The van der Waals surface area contributed by atoms with Gasteiger partial charge in [-0.05, 0) is 18.9 Å². The number of rotatable bonds is 5. The fourth-order valence-electron chi connectivity index (χ4n) is 2.02. The van der Waals surface area contributed by atoms with Crippen LogP contribution < -0.4 is 0 Å². The van der Waals surface area contributed by atoms with Gasteiger partial charge >= 0.3 is 5.97 Å². The van der Waals surface area contributed by atoms with Gasteiger partial charge < -0.3 is 9.84 Å². The number of ketones is 1. The molecule has 0 amide bonds. The highest BCUT2D eigenvalue weighted by Crippen LogP contribution is 2.34. The van der Waals surface area contributed by atoms with Crippen molar-refractivity contribution < 1.29 is 19.4 Å². The molecule has 1 fully saturated rings. The quantitative estimate of drug-likeness (QED) is 0.572. The van der Waals surface area contributed by atoms with Crippen molar-refractivity contribution in [2.24, 2.45) is 11.8 Å². The van der Waals surface area contributed by atoms with Gasteiger partial charge in [0, 0.05) is 18.9 Å². The third kappa shape index (κ3) is 2.92. The predicted molar refractivity (Wildman–Crippen MR) is 59.1 cm³/mol. The van der Waals surface area contributed by atoms with E-state index in [0.29, 0.717) is 31.6 Å². The van der Waals surface area contributed by atoms with Crippen LogP contribution in [-0.2, 0) is 14.3 Å². The van der Waals surface area contributed by atoms with Gasteiger partial charge in [-0.2, -0.15) is 0 Å². The van der Waals surface area contributed by atoms with E-state index in [1.54, 1.807) is 13.0 Å². The number of carboxylic acids is 1. The van der Waals surface area contributed by atoms with E-state index in [2.05, 4.69) is 0 Å². The largest absolute Gasteiger partial charge is 0.481 e. The SMILES string of the molecule is CCOCC=C1C(=O)CCC1C(C)C(=O)O. The van der Waals surface area contributed by atoms with E-state index in [0.717, 1.165) is 0 Å². The van der Waals surface area contributed by atoms with Crippen LogP contribution in [0.25, 0.3) is 0 Å². The van der Waals surface area contributed by atoms with Gasteiger partial charge in [0.1, 0.15) is 0 Å². The van der Waals surface area contributed by atoms with Crippen LogP contribution in [0.2, 0.25) is 0 Å². The van der Waals surface area contributed by atoms with Gasteiger partial charge in [0.15, 0.2) is 5.78 Å². The number of carbonyl (C=O) groups is 2. The summed E-state index contributed by atoms with van der Waals surface area (Å²) >= 11 is 0. The molecule has 4 nitrogen and oxygen atoms in total. The van der Waals surface area contributed by atoms with Gasteiger partial charge in [0.05, 0.1) is 12.5 Å². The number of carboxylic acid groups (broad SMARTS) is 1. The van der Waals surface area contributed by atoms with E-state index >= 15 is 0 Å². The molecule has 0 aromatic rings. The van der Waals surface area contributed by atoms with Crippen LogP contribution in [0.15, 0.2) is 11.6 Å². The molecule has 0 bridgehead atoms. The monoisotopic (exact) mass is 226 g/mol. The van der Waals surface area contributed by atoms with Gasteiger partial charge in [-0.3, -0.25) is 9.59 Å². The van der Waals surface area contributed by atoms with E-state index in [1.807, 2.05) is 6.92 Å². The summed E-state index contributed by atoms with van der Waals surface area (Å²) in [6.45, 7) is 4.52. The number of hydrogen-bond acceptors (Lipinski definition) is 3. The molecule has 1 saturated carbocycles. The van der Waals surface area contributed by atoms with Crippen molar-refractivity contribution in [3.63, 3.8) is 0 Å². The molecule has 4 heteroatoms. The maximum absolute atomic E-state index is 11.6. The molecule has 90 valence electrons. The minimum atomic E-state index is -0.845. The Morgan fingerprint density at radius 1 is 1.69 bits per heavy atom. The zero-order valence-electron chi connectivity index (χ0n) is 9.73. The normalized spacial score (nSPS) is 25.0. The molecule has 0 aromatic carbocycles. The summed E-state index contributed by atoms with van der Waals surface area (Å²) in [4.78, 5) is 22.5. The number of aliphatic carboxylic acids is 1. The second-order valence-electron chi connectivity index (χ2n) is 4.01. The highest BCUT2D eigenvalue weighted by molar-refractivity contribution is 5.98. The van der Waals surface area contributed by atoms with Gasteiger partial charge in [-0.15, -0.1) is 0 Å². The highest BCUT2D eigenvalue weighted by atomic mass is 16.5. The number of ether oxygens (including phenoxy) is 1. The lowest BCUT2D eigenvalue weighted by molar-refractivity contribution is -0.142. The Balaban J connectivity index is 2.73. The minimum Gasteiger partial charge on any atom is -0.481 e. The molecule has 1 aliphatic carbocycles. The van der Waals surface area contributed by atoms with Crippen LogP contribution in [-0.4, -0.2) is 30.1 Å². The van der Waals surface area contributed by atoms with Crippen molar-refractivity contribution in [2.75, 3.05) is 13.2 Å². The van der Waals surface area contributed by atoms with Crippen LogP contribution in [0.1, 0.15) is 26.7 Å². The van der Waals surface area contributed by atoms with Gasteiger partial charge in [-0.25, -0.2) is 0 Å². The molecular weight excluding hydrogens is 208 g/mol. The summed E-state index contributed by atoms with van der Waals surface area (Å²) in [7, 11) is 0. The van der Waals surface area contributed by atoms with Crippen molar-refractivity contribution in [3.8, 4) is 0 Å². The van der Waals surface area contributed by atoms with Crippen molar-refractivity contribution in [3.05, 3.63) is 11.6 Å². The van der Waals surface area contributed by atoms with Crippen LogP contribution in [0.3, 0.4) is 0 Å². The first-order chi connectivity index (χ1) is 7.57. The third-order valence-corrected chi connectivity index (χ3v) is 3.02. The first kappa shape index (κ1) is 12.9. The van der Waals surface area contributed by atoms with Crippen molar-refractivity contribution in [1.29, 1.82) is 0 Å². The topological polar surface area (TPSA) is 63.6 Å². The van der Waals surface area contributed by atoms with Crippen molar-refractivity contribution in [2.45, 2.75) is 26.7 Å². The minimum absolute atomic E-state index is 0.0674. The van der Waals surface area contributed by atoms with Crippen molar-refractivity contribution >= 4 is 11.8 Å². The lowest BCUT2D eigenvalue weighted by atomic mass is 9.89. The Morgan fingerprint density at radius 2 is 2.38 bits per heavy atom. The molecule has 0 heterocycles. The molecule has 16 heavy (non-hydrogen) atoms. The average molecular weight is 226 g/mol. The lowest BCUT2D eigenvalue weighted by Gasteiger charge is -2.15. The van der Waals surface area contributed by atoms with E-state index < -0.39 is 11.9 Å².